The second-order valence-electron chi connectivity index (χ2n) is 11.6. The number of hydrogen-bond donors (Lipinski definition) is 1. The van der Waals surface area contributed by atoms with Gasteiger partial charge in [-0.25, -0.2) is 4.79 Å². The van der Waals surface area contributed by atoms with Crippen molar-refractivity contribution in [2.75, 3.05) is 31.1 Å². The number of fused-ring (bicyclic) bond motifs is 2. The number of nitrogens with zero attached hydrogens (tertiary/aromatic N) is 3. The van der Waals surface area contributed by atoms with Crippen LogP contribution in [-0.4, -0.2) is 66.8 Å². The van der Waals surface area contributed by atoms with Gasteiger partial charge in [-0.05, 0) is 69.9 Å². The summed E-state index contributed by atoms with van der Waals surface area (Å²) < 4.78 is 13.5. The summed E-state index contributed by atoms with van der Waals surface area (Å²) in [5, 5.41) is 12.7. The first-order valence-corrected chi connectivity index (χ1v) is 15.9. The number of carbonyl (C=O) groups is 3. The number of hydrogen-bond acceptors (Lipinski definition) is 8. The number of amides is 3. The van der Waals surface area contributed by atoms with Gasteiger partial charge in [-0.1, -0.05) is 12.1 Å². The summed E-state index contributed by atoms with van der Waals surface area (Å²) in [5.74, 6) is -0.268. The Kier molecular flexibility index (Phi) is 8.87. The van der Waals surface area contributed by atoms with Crippen LogP contribution in [0.25, 0.3) is 19.8 Å². The third-order valence-electron chi connectivity index (χ3n) is 7.23. The molecule has 3 aromatic rings. The summed E-state index contributed by atoms with van der Waals surface area (Å²) in [4.78, 5) is 43.6. The molecule has 4 heterocycles. The largest absolute Gasteiger partial charge is 0.444 e. The zero-order valence-electron chi connectivity index (χ0n) is 24.4. The summed E-state index contributed by atoms with van der Waals surface area (Å²) in [6.45, 7) is 9.03. The smallest absolute Gasteiger partial charge is 0.410 e. The fourth-order valence-corrected chi connectivity index (χ4v) is 7.67. The van der Waals surface area contributed by atoms with Crippen LogP contribution in [0, 0.1) is 11.3 Å². The van der Waals surface area contributed by atoms with Crippen LogP contribution < -0.4 is 10.2 Å². The van der Waals surface area contributed by atoms with Crippen LogP contribution in [0.15, 0.2) is 30.3 Å². The van der Waals surface area contributed by atoms with Gasteiger partial charge in [0.2, 0.25) is 5.91 Å². The predicted octanol–water partition coefficient (Wildman–Crippen LogP) is 5.51. The van der Waals surface area contributed by atoms with E-state index in [1.165, 1.54) is 4.90 Å². The van der Waals surface area contributed by atoms with E-state index in [0.717, 1.165) is 48.8 Å². The highest BCUT2D eigenvalue weighted by molar-refractivity contribution is 7.29. The summed E-state index contributed by atoms with van der Waals surface area (Å²) in [6.07, 6.45) is 0.954. The van der Waals surface area contributed by atoms with Gasteiger partial charge in [-0.3, -0.25) is 9.59 Å². The summed E-state index contributed by atoms with van der Waals surface area (Å²) in [7, 11) is 0. The van der Waals surface area contributed by atoms with Crippen molar-refractivity contribution in [2.45, 2.75) is 71.1 Å². The molecule has 5 rings (SSSR count). The third kappa shape index (κ3) is 6.77. The maximum absolute atomic E-state index is 13.2. The Hall–Kier alpha value is -3.46. The lowest BCUT2D eigenvalue weighted by Gasteiger charge is -2.31. The molecule has 3 amide bonds. The van der Waals surface area contributed by atoms with Gasteiger partial charge in [0.05, 0.1) is 19.0 Å². The molecule has 9 nitrogen and oxygen atoms in total. The van der Waals surface area contributed by atoms with Crippen LogP contribution in [0.5, 0.6) is 0 Å². The van der Waals surface area contributed by atoms with Gasteiger partial charge >= 0.3 is 6.09 Å². The quantitative estimate of drug-likeness (QED) is 0.395. The highest BCUT2D eigenvalue weighted by Crippen LogP contribution is 2.41. The van der Waals surface area contributed by atoms with Gasteiger partial charge < -0.3 is 24.6 Å². The van der Waals surface area contributed by atoms with Crippen molar-refractivity contribution < 1.29 is 23.9 Å². The SMILES string of the molecule is CCN1C(=O)Cc2ccc(-c3cc4sc(CC(C#N)NC(=O)[C@@H]5CN(C(=O)OC(C)(C)C)CCCCO5)cc4s3)cc21. The number of nitriles is 1. The summed E-state index contributed by atoms with van der Waals surface area (Å²) in [6, 6.07) is 11.9. The zero-order valence-corrected chi connectivity index (χ0v) is 26.0. The molecule has 0 spiro atoms. The van der Waals surface area contributed by atoms with Gasteiger partial charge in [0, 0.05) is 51.0 Å². The fraction of sp³-hybridized carbons (Fsp3) is 0.484. The van der Waals surface area contributed by atoms with Gasteiger partial charge in [-0.15, -0.1) is 22.7 Å². The average Bonchev–Trinajstić information content (AvgIpc) is 3.56. The number of nitrogens with one attached hydrogen (secondary N) is 1. The number of rotatable bonds is 6. The van der Waals surface area contributed by atoms with E-state index >= 15 is 0 Å². The molecule has 0 bridgehead atoms. The van der Waals surface area contributed by atoms with Crippen LogP contribution in [0.2, 0.25) is 0 Å². The molecule has 0 radical (unpaired) electrons. The minimum Gasteiger partial charge on any atom is -0.444 e. The number of ether oxygens (including phenoxy) is 2. The van der Waals surface area contributed by atoms with Crippen molar-refractivity contribution in [3.05, 3.63) is 40.8 Å². The maximum atomic E-state index is 13.2. The van der Waals surface area contributed by atoms with Crippen molar-refractivity contribution in [3.8, 4) is 16.5 Å². The molecule has 1 unspecified atom stereocenters. The number of benzene rings is 1. The van der Waals surface area contributed by atoms with Crippen molar-refractivity contribution >= 4 is 55.7 Å². The van der Waals surface area contributed by atoms with E-state index in [-0.39, 0.29) is 12.5 Å². The molecular weight excluding hydrogens is 572 g/mol. The minimum atomic E-state index is -0.880. The molecule has 2 aromatic heterocycles. The summed E-state index contributed by atoms with van der Waals surface area (Å²) >= 11 is 3.28. The van der Waals surface area contributed by atoms with Gasteiger partial charge in [0.1, 0.15) is 11.6 Å². The Labute approximate surface area is 254 Å². The van der Waals surface area contributed by atoms with E-state index < -0.39 is 29.7 Å². The fourth-order valence-electron chi connectivity index (χ4n) is 5.21. The minimum absolute atomic E-state index is 0.0727. The number of carbonyl (C=O) groups excluding carboxylic acids is 3. The second kappa shape index (κ2) is 12.4. The molecule has 222 valence electrons. The molecule has 2 aliphatic heterocycles. The Balaban J connectivity index is 1.24. The molecule has 2 aliphatic rings. The number of likely N-dealkylation sites (N-methyl/N-ethyl adjacent to an activating group) is 1. The first-order valence-electron chi connectivity index (χ1n) is 14.3. The van der Waals surface area contributed by atoms with Crippen LogP contribution in [0.4, 0.5) is 10.5 Å². The second-order valence-corrected chi connectivity index (χ2v) is 13.8. The Morgan fingerprint density at radius 2 is 1.98 bits per heavy atom. The van der Waals surface area contributed by atoms with E-state index in [4.69, 9.17) is 9.47 Å². The molecule has 42 heavy (non-hydrogen) atoms. The topological polar surface area (TPSA) is 112 Å². The lowest BCUT2D eigenvalue weighted by atomic mass is 10.1. The van der Waals surface area contributed by atoms with Crippen LogP contribution in [-0.2, 0) is 31.9 Å². The lowest BCUT2D eigenvalue weighted by molar-refractivity contribution is -0.135. The molecular formula is C31H36N4O5S2. The first-order chi connectivity index (χ1) is 20.0. The molecule has 0 saturated carbocycles. The number of thiophene rings is 2. The highest BCUT2D eigenvalue weighted by atomic mass is 32.1. The van der Waals surface area contributed by atoms with Gasteiger partial charge in [0.15, 0.2) is 6.10 Å². The maximum Gasteiger partial charge on any atom is 0.410 e. The zero-order chi connectivity index (χ0) is 30.0. The van der Waals surface area contributed by atoms with E-state index in [0.29, 0.717) is 32.5 Å². The lowest BCUT2D eigenvalue weighted by Crippen LogP contribution is -2.50. The molecule has 1 saturated heterocycles. The van der Waals surface area contributed by atoms with Gasteiger partial charge in [0.25, 0.3) is 5.91 Å². The van der Waals surface area contributed by atoms with E-state index in [1.807, 2.05) is 17.9 Å². The van der Waals surface area contributed by atoms with Gasteiger partial charge in [-0.2, -0.15) is 5.26 Å². The molecule has 1 N–H and O–H groups in total. The predicted molar refractivity (Wildman–Crippen MR) is 165 cm³/mol. The van der Waals surface area contributed by atoms with Crippen molar-refractivity contribution in [1.29, 1.82) is 5.26 Å². The highest BCUT2D eigenvalue weighted by Gasteiger charge is 2.31. The first kappa shape index (κ1) is 30.0. The molecule has 1 fully saturated rings. The standard InChI is InChI=1S/C31H36N4O5S2/c1-5-35-23-12-20(9-8-19(23)13-28(35)36)25-16-27-26(42-25)15-22(41-27)14-21(17-32)33-29(37)24-18-34(10-6-7-11-39-24)30(38)40-31(2,3)4/h8-9,12,15-16,21,24H,5-7,10-11,13-14,18H2,1-4H3,(H,33,37)/t21?,24-/m0/s1. The average molecular weight is 609 g/mol. The number of anilines is 1. The van der Waals surface area contributed by atoms with Crippen LogP contribution >= 0.6 is 22.7 Å². The van der Waals surface area contributed by atoms with E-state index in [2.05, 4.69) is 35.7 Å². The van der Waals surface area contributed by atoms with Crippen LogP contribution in [0.3, 0.4) is 0 Å². The molecule has 2 atom stereocenters. The Morgan fingerprint density at radius 3 is 2.69 bits per heavy atom. The normalized spacial score (nSPS) is 18.3. The third-order valence-corrected chi connectivity index (χ3v) is 9.59. The monoisotopic (exact) mass is 608 g/mol. The van der Waals surface area contributed by atoms with Crippen molar-refractivity contribution in [1.82, 2.24) is 10.2 Å². The van der Waals surface area contributed by atoms with Crippen molar-refractivity contribution in [3.63, 3.8) is 0 Å². The molecule has 1 aromatic carbocycles. The molecule has 11 heteroatoms. The molecule has 0 aliphatic carbocycles. The van der Waals surface area contributed by atoms with Crippen molar-refractivity contribution in [2.24, 2.45) is 0 Å². The van der Waals surface area contributed by atoms with E-state index in [9.17, 15) is 19.6 Å². The van der Waals surface area contributed by atoms with Crippen LogP contribution in [0.1, 0.15) is 51.0 Å². The van der Waals surface area contributed by atoms with E-state index in [1.54, 1.807) is 43.4 Å². The Morgan fingerprint density at radius 1 is 1.19 bits per heavy atom. The Bertz CT molecular complexity index is 1500. The summed E-state index contributed by atoms with van der Waals surface area (Å²) in [5.41, 5.74) is 2.50.